The monoisotopic (exact) mass is 224 g/mol. The van der Waals surface area contributed by atoms with Crippen LogP contribution in [0.3, 0.4) is 0 Å². The molecule has 1 heterocycles. The molecule has 0 saturated heterocycles. The third-order valence-electron chi connectivity index (χ3n) is 2.90. The van der Waals surface area contributed by atoms with Crippen molar-refractivity contribution in [1.29, 1.82) is 0 Å². The molecule has 0 bridgehead atoms. The summed E-state index contributed by atoms with van der Waals surface area (Å²) in [4.78, 5) is 2.35. The quantitative estimate of drug-likeness (QED) is 0.690. The summed E-state index contributed by atoms with van der Waals surface area (Å²) in [6.45, 7) is 4.98. The molecule has 0 aliphatic carbocycles. The van der Waals surface area contributed by atoms with Gasteiger partial charge in [-0.1, -0.05) is 12.8 Å². The predicted molar refractivity (Wildman–Crippen MR) is 67.3 cm³/mol. The maximum absolute atomic E-state index is 5.46. The van der Waals surface area contributed by atoms with E-state index in [4.69, 9.17) is 10.2 Å². The van der Waals surface area contributed by atoms with Gasteiger partial charge in [-0.25, -0.2) is 0 Å². The van der Waals surface area contributed by atoms with E-state index in [-0.39, 0.29) is 0 Å². The largest absolute Gasteiger partial charge is 0.469 e. The minimum atomic E-state index is 0.823. The molecular formula is C13H24N2O. The molecule has 2 N–H and O–H groups in total. The summed E-state index contributed by atoms with van der Waals surface area (Å²) in [5, 5.41) is 0. The Morgan fingerprint density at radius 1 is 1.25 bits per heavy atom. The fourth-order valence-corrected chi connectivity index (χ4v) is 1.82. The second-order valence-electron chi connectivity index (χ2n) is 4.44. The van der Waals surface area contributed by atoms with Crippen LogP contribution in [0.5, 0.6) is 0 Å². The molecule has 1 aromatic rings. The van der Waals surface area contributed by atoms with Gasteiger partial charge in [-0.15, -0.1) is 0 Å². The Bertz CT molecular complexity index is 283. The first-order chi connectivity index (χ1) is 7.74. The zero-order chi connectivity index (χ0) is 11.8. The Hall–Kier alpha value is -0.800. The van der Waals surface area contributed by atoms with Crippen LogP contribution in [0.25, 0.3) is 0 Å². The van der Waals surface area contributed by atoms with Gasteiger partial charge in [0.25, 0.3) is 0 Å². The summed E-state index contributed by atoms with van der Waals surface area (Å²) in [5.74, 6) is 1.04. The van der Waals surface area contributed by atoms with Crippen LogP contribution in [0.2, 0.25) is 0 Å². The zero-order valence-electron chi connectivity index (χ0n) is 10.5. The molecule has 0 aliphatic rings. The van der Waals surface area contributed by atoms with Gasteiger partial charge in [0.15, 0.2) is 0 Å². The van der Waals surface area contributed by atoms with Crippen molar-refractivity contribution >= 4 is 0 Å². The van der Waals surface area contributed by atoms with E-state index in [0.29, 0.717) is 0 Å². The summed E-state index contributed by atoms with van der Waals surface area (Å²) < 4.78 is 5.28. The van der Waals surface area contributed by atoms with E-state index in [1.54, 1.807) is 6.26 Å². The highest BCUT2D eigenvalue weighted by Gasteiger charge is 2.04. The number of rotatable bonds is 8. The van der Waals surface area contributed by atoms with Gasteiger partial charge >= 0.3 is 0 Å². The number of nitrogens with two attached hydrogens (primary N) is 1. The van der Waals surface area contributed by atoms with Crippen molar-refractivity contribution in [3.63, 3.8) is 0 Å². The van der Waals surface area contributed by atoms with Gasteiger partial charge in [0, 0.05) is 12.1 Å². The molecule has 1 aromatic heterocycles. The van der Waals surface area contributed by atoms with E-state index in [9.17, 15) is 0 Å². The second kappa shape index (κ2) is 7.47. The molecule has 3 heteroatoms. The minimum absolute atomic E-state index is 0.823. The van der Waals surface area contributed by atoms with Gasteiger partial charge in [-0.2, -0.15) is 0 Å². The topological polar surface area (TPSA) is 42.4 Å². The second-order valence-corrected chi connectivity index (χ2v) is 4.44. The Labute approximate surface area is 98.6 Å². The smallest absolute Gasteiger partial charge is 0.105 e. The average Bonchev–Trinajstić information content (AvgIpc) is 2.64. The highest BCUT2D eigenvalue weighted by molar-refractivity contribution is 5.14. The lowest BCUT2D eigenvalue weighted by Gasteiger charge is -2.15. The molecule has 1 rings (SSSR count). The van der Waals surface area contributed by atoms with Crippen LogP contribution in [-0.4, -0.2) is 25.0 Å². The van der Waals surface area contributed by atoms with Crippen molar-refractivity contribution in [2.24, 2.45) is 5.73 Å². The Balaban J connectivity index is 2.11. The van der Waals surface area contributed by atoms with Crippen LogP contribution in [0.1, 0.15) is 37.0 Å². The summed E-state index contributed by atoms with van der Waals surface area (Å²) >= 11 is 0. The van der Waals surface area contributed by atoms with E-state index in [1.165, 1.54) is 24.8 Å². The normalized spacial score (nSPS) is 11.2. The first-order valence-electron chi connectivity index (χ1n) is 6.15. The van der Waals surface area contributed by atoms with Crippen LogP contribution < -0.4 is 5.73 Å². The molecule has 0 radical (unpaired) electrons. The molecule has 0 fully saturated rings. The molecule has 0 amide bonds. The van der Waals surface area contributed by atoms with Crippen molar-refractivity contribution < 1.29 is 4.42 Å². The van der Waals surface area contributed by atoms with Crippen LogP contribution >= 0.6 is 0 Å². The highest BCUT2D eigenvalue weighted by atomic mass is 16.3. The van der Waals surface area contributed by atoms with Crippen molar-refractivity contribution in [2.45, 2.75) is 39.2 Å². The first kappa shape index (κ1) is 13.3. The zero-order valence-corrected chi connectivity index (χ0v) is 10.5. The number of hydrogen-bond acceptors (Lipinski definition) is 3. The maximum Gasteiger partial charge on any atom is 0.105 e. The lowest BCUT2D eigenvalue weighted by atomic mass is 10.2. The molecule has 0 spiro atoms. The van der Waals surface area contributed by atoms with Gasteiger partial charge in [0.1, 0.15) is 5.76 Å². The van der Waals surface area contributed by atoms with Crippen LogP contribution in [0.4, 0.5) is 0 Å². The molecule has 0 aliphatic heterocycles. The van der Waals surface area contributed by atoms with Gasteiger partial charge in [-0.05, 0) is 46.0 Å². The maximum atomic E-state index is 5.46. The van der Waals surface area contributed by atoms with E-state index in [2.05, 4.69) is 18.0 Å². The number of hydrogen-bond donors (Lipinski definition) is 1. The summed E-state index contributed by atoms with van der Waals surface area (Å²) in [7, 11) is 2.16. The van der Waals surface area contributed by atoms with Gasteiger partial charge < -0.3 is 15.1 Å². The number of nitrogens with zero attached hydrogens (tertiary/aromatic N) is 1. The standard InChI is InChI=1S/C13H24N2O/c1-12-13(7-10-16-12)11-15(2)9-6-4-3-5-8-14/h7,10H,3-6,8-9,11,14H2,1-2H3. The lowest BCUT2D eigenvalue weighted by molar-refractivity contribution is 0.314. The Morgan fingerprint density at radius 2 is 2.00 bits per heavy atom. The molecule has 92 valence electrons. The molecule has 0 aromatic carbocycles. The van der Waals surface area contributed by atoms with E-state index in [1.807, 2.05) is 6.92 Å². The number of furan rings is 1. The fourth-order valence-electron chi connectivity index (χ4n) is 1.82. The number of unbranched alkanes of at least 4 members (excludes halogenated alkanes) is 3. The first-order valence-corrected chi connectivity index (χ1v) is 6.15. The Morgan fingerprint density at radius 3 is 2.62 bits per heavy atom. The molecule has 16 heavy (non-hydrogen) atoms. The van der Waals surface area contributed by atoms with E-state index < -0.39 is 0 Å². The van der Waals surface area contributed by atoms with Crippen molar-refractivity contribution in [1.82, 2.24) is 4.90 Å². The number of aryl methyl sites for hydroxylation is 1. The average molecular weight is 224 g/mol. The third kappa shape index (κ3) is 4.81. The van der Waals surface area contributed by atoms with E-state index >= 15 is 0 Å². The third-order valence-corrected chi connectivity index (χ3v) is 2.90. The molecule has 0 atom stereocenters. The minimum Gasteiger partial charge on any atom is -0.469 e. The summed E-state index contributed by atoms with van der Waals surface area (Å²) in [5.41, 5.74) is 6.75. The summed E-state index contributed by atoms with van der Waals surface area (Å²) in [6.07, 6.45) is 6.72. The van der Waals surface area contributed by atoms with Crippen LogP contribution in [0, 0.1) is 6.92 Å². The van der Waals surface area contributed by atoms with E-state index in [0.717, 1.165) is 31.8 Å². The molecule has 0 saturated carbocycles. The summed E-state index contributed by atoms with van der Waals surface area (Å²) in [6, 6.07) is 2.06. The van der Waals surface area contributed by atoms with Crippen LogP contribution in [0.15, 0.2) is 16.7 Å². The Kier molecular flexibility index (Phi) is 6.19. The molecule has 0 unspecified atom stereocenters. The fraction of sp³-hybridized carbons (Fsp3) is 0.692. The van der Waals surface area contributed by atoms with Crippen LogP contribution in [-0.2, 0) is 6.54 Å². The van der Waals surface area contributed by atoms with Gasteiger partial charge in [0.2, 0.25) is 0 Å². The SMILES string of the molecule is Cc1occc1CN(C)CCCCCCN. The van der Waals surface area contributed by atoms with Gasteiger partial charge in [0.05, 0.1) is 6.26 Å². The molecular weight excluding hydrogens is 200 g/mol. The van der Waals surface area contributed by atoms with Crippen molar-refractivity contribution in [2.75, 3.05) is 20.1 Å². The van der Waals surface area contributed by atoms with Crippen molar-refractivity contribution in [3.05, 3.63) is 23.7 Å². The lowest BCUT2D eigenvalue weighted by Crippen LogP contribution is -2.19. The molecule has 3 nitrogen and oxygen atoms in total. The van der Waals surface area contributed by atoms with Crippen molar-refractivity contribution in [3.8, 4) is 0 Å². The highest BCUT2D eigenvalue weighted by Crippen LogP contribution is 2.11. The van der Waals surface area contributed by atoms with Gasteiger partial charge in [-0.3, -0.25) is 0 Å². The predicted octanol–water partition coefficient (Wildman–Crippen LogP) is 2.54.